The number of aryl methyl sites for hydroxylation is 1. The molecule has 104 valence electrons. The zero-order valence-corrected chi connectivity index (χ0v) is 11.6. The first-order valence-corrected chi connectivity index (χ1v) is 6.75. The first-order valence-electron chi connectivity index (χ1n) is 6.75. The van der Waals surface area contributed by atoms with Crippen molar-refractivity contribution in [1.29, 1.82) is 0 Å². The molecule has 0 spiro atoms. The Kier molecular flexibility index (Phi) is 4.77. The Morgan fingerprint density at radius 2 is 1.70 bits per heavy atom. The second-order valence-electron chi connectivity index (χ2n) is 4.83. The lowest BCUT2D eigenvalue weighted by molar-refractivity contribution is -0.120. The molecule has 0 saturated carbocycles. The van der Waals surface area contributed by atoms with Crippen molar-refractivity contribution in [3.63, 3.8) is 0 Å². The molecule has 2 rings (SSSR count). The summed E-state index contributed by atoms with van der Waals surface area (Å²) in [5.74, 6) is 0.287. The van der Waals surface area contributed by atoms with Gasteiger partial charge in [-0.25, -0.2) is 0 Å². The summed E-state index contributed by atoms with van der Waals surface area (Å²) in [6.45, 7) is 2.53. The summed E-state index contributed by atoms with van der Waals surface area (Å²) in [5, 5.41) is 12.5. The molecule has 3 nitrogen and oxygen atoms in total. The number of rotatable bonds is 5. The summed E-state index contributed by atoms with van der Waals surface area (Å²) in [6, 6.07) is 15.1. The van der Waals surface area contributed by atoms with Gasteiger partial charge in [-0.3, -0.25) is 4.79 Å². The van der Waals surface area contributed by atoms with Crippen LogP contribution in [0.15, 0.2) is 48.5 Å². The molecule has 0 atom stereocenters. The molecule has 0 aliphatic rings. The first kappa shape index (κ1) is 14.1. The minimum absolute atomic E-state index is 0.00900. The highest BCUT2D eigenvalue weighted by Crippen LogP contribution is 2.15. The molecule has 2 N–H and O–H groups in total. The van der Waals surface area contributed by atoms with E-state index in [4.69, 9.17) is 0 Å². The van der Waals surface area contributed by atoms with Crippen LogP contribution in [-0.2, 0) is 17.6 Å². The molecule has 0 bridgehead atoms. The number of hydrogen-bond donors (Lipinski definition) is 2. The van der Waals surface area contributed by atoms with Crippen molar-refractivity contribution in [2.24, 2.45) is 0 Å². The maximum atomic E-state index is 11.9. The number of phenolic OH excluding ortho intramolecular Hbond substituents is 1. The van der Waals surface area contributed by atoms with Crippen molar-refractivity contribution in [3.05, 3.63) is 65.2 Å². The molecular weight excluding hydrogens is 250 g/mol. The Morgan fingerprint density at radius 1 is 1.05 bits per heavy atom. The zero-order chi connectivity index (χ0) is 14.4. The molecule has 20 heavy (non-hydrogen) atoms. The van der Waals surface area contributed by atoms with Gasteiger partial charge in [-0.15, -0.1) is 0 Å². The van der Waals surface area contributed by atoms with E-state index in [9.17, 15) is 9.90 Å². The highest BCUT2D eigenvalue weighted by Gasteiger charge is 2.05. The Labute approximate surface area is 119 Å². The monoisotopic (exact) mass is 269 g/mol. The number of hydrogen-bond acceptors (Lipinski definition) is 2. The van der Waals surface area contributed by atoms with E-state index in [0.717, 1.165) is 16.7 Å². The van der Waals surface area contributed by atoms with E-state index in [1.807, 2.05) is 43.3 Å². The quantitative estimate of drug-likeness (QED) is 0.876. The van der Waals surface area contributed by atoms with Crippen molar-refractivity contribution >= 4 is 5.91 Å². The van der Waals surface area contributed by atoms with Crippen molar-refractivity contribution in [2.45, 2.75) is 19.8 Å². The van der Waals surface area contributed by atoms with E-state index in [2.05, 4.69) is 5.32 Å². The van der Waals surface area contributed by atoms with Gasteiger partial charge in [0, 0.05) is 6.54 Å². The molecule has 2 aromatic rings. The molecule has 0 heterocycles. The highest BCUT2D eigenvalue weighted by atomic mass is 16.3. The van der Waals surface area contributed by atoms with Crippen molar-refractivity contribution in [3.8, 4) is 5.75 Å². The average molecular weight is 269 g/mol. The van der Waals surface area contributed by atoms with Gasteiger partial charge in [0.1, 0.15) is 5.75 Å². The zero-order valence-electron chi connectivity index (χ0n) is 11.6. The summed E-state index contributed by atoms with van der Waals surface area (Å²) in [5.41, 5.74) is 3.03. The van der Waals surface area contributed by atoms with Crippen LogP contribution in [0.2, 0.25) is 0 Å². The van der Waals surface area contributed by atoms with Crippen LogP contribution < -0.4 is 5.32 Å². The van der Waals surface area contributed by atoms with Gasteiger partial charge in [-0.05, 0) is 36.1 Å². The number of aromatic hydroxyl groups is 1. The van der Waals surface area contributed by atoms with Crippen molar-refractivity contribution < 1.29 is 9.90 Å². The molecule has 2 aromatic carbocycles. The molecule has 3 heteroatoms. The van der Waals surface area contributed by atoms with Crippen LogP contribution in [0.3, 0.4) is 0 Å². The second-order valence-corrected chi connectivity index (χ2v) is 4.83. The van der Waals surface area contributed by atoms with Gasteiger partial charge in [-0.1, -0.05) is 42.5 Å². The fraction of sp³-hybridized carbons (Fsp3) is 0.235. The molecule has 0 unspecified atom stereocenters. The third-order valence-electron chi connectivity index (χ3n) is 3.32. The van der Waals surface area contributed by atoms with Crippen LogP contribution in [0.4, 0.5) is 0 Å². The number of nitrogens with one attached hydrogen (secondary N) is 1. The SMILES string of the molecule is Cc1ccccc1CC(=O)NCCc1ccccc1O. The maximum Gasteiger partial charge on any atom is 0.224 e. The van der Waals surface area contributed by atoms with E-state index in [1.54, 1.807) is 12.1 Å². The van der Waals surface area contributed by atoms with Crippen LogP contribution in [0.1, 0.15) is 16.7 Å². The number of benzene rings is 2. The fourth-order valence-corrected chi connectivity index (χ4v) is 2.10. The van der Waals surface area contributed by atoms with E-state index in [0.29, 0.717) is 19.4 Å². The van der Waals surface area contributed by atoms with Gasteiger partial charge < -0.3 is 10.4 Å². The normalized spacial score (nSPS) is 10.2. The number of carbonyl (C=O) groups excluding carboxylic acids is 1. The van der Waals surface area contributed by atoms with Crippen LogP contribution in [0.25, 0.3) is 0 Å². The van der Waals surface area contributed by atoms with E-state index in [-0.39, 0.29) is 11.7 Å². The fourth-order valence-electron chi connectivity index (χ4n) is 2.10. The highest BCUT2D eigenvalue weighted by molar-refractivity contribution is 5.78. The minimum atomic E-state index is 0.00900. The average Bonchev–Trinajstić information content (AvgIpc) is 2.43. The van der Waals surface area contributed by atoms with Gasteiger partial charge in [-0.2, -0.15) is 0 Å². The molecule has 0 saturated heterocycles. The second kappa shape index (κ2) is 6.75. The van der Waals surface area contributed by atoms with Gasteiger partial charge in [0.2, 0.25) is 5.91 Å². The summed E-state index contributed by atoms with van der Waals surface area (Å²) in [6.07, 6.45) is 1.03. The Balaban J connectivity index is 1.82. The van der Waals surface area contributed by atoms with Crippen LogP contribution in [0, 0.1) is 6.92 Å². The standard InChI is InChI=1S/C17H19NO2/c1-13-6-2-3-8-15(13)12-17(20)18-11-10-14-7-4-5-9-16(14)19/h2-9,19H,10-12H2,1H3,(H,18,20). The van der Waals surface area contributed by atoms with Gasteiger partial charge >= 0.3 is 0 Å². The molecule has 0 fully saturated rings. The number of carbonyl (C=O) groups is 1. The predicted molar refractivity (Wildman–Crippen MR) is 79.7 cm³/mol. The Hall–Kier alpha value is -2.29. The maximum absolute atomic E-state index is 11.9. The summed E-state index contributed by atoms with van der Waals surface area (Å²) in [7, 11) is 0. The first-order chi connectivity index (χ1) is 9.66. The van der Waals surface area contributed by atoms with Crippen LogP contribution in [-0.4, -0.2) is 17.6 Å². The largest absolute Gasteiger partial charge is 0.508 e. The molecule has 0 aliphatic heterocycles. The lowest BCUT2D eigenvalue weighted by atomic mass is 10.1. The van der Waals surface area contributed by atoms with Crippen LogP contribution >= 0.6 is 0 Å². The third-order valence-corrected chi connectivity index (χ3v) is 3.32. The van der Waals surface area contributed by atoms with Crippen molar-refractivity contribution in [1.82, 2.24) is 5.32 Å². The molecule has 0 radical (unpaired) electrons. The van der Waals surface area contributed by atoms with E-state index >= 15 is 0 Å². The third kappa shape index (κ3) is 3.85. The number of phenols is 1. The summed E-state index contributed by atoms with van der Waals surface area (Å²) < 4.78 is 0. The van der Waals surface area contributed by atoms with E-state index in [1.165, 1.54) is 0 Å². The Bertz CT molecular complexity index is 593. The summed E-state index contributed by atoms with van der Waals surface area (Å²) >= 11 is 0. The van der Waals surface area contributed by atoms with Gasteiger partial charge in [0.15, 0.2) is 0 Å². The topological polar surface area (TPSA) is 49.3 Å². The lowest BCUT2D eigenvalue weighted by Crippen LogP contribution is -2.27. The smallest absolute Gasteiger partial charge is 0.224 e. The molecule has 0 aromatic heterocycles. The molecule has 1 amide bonds. The van der Waals surface area contributed by atoms with E-state index < -0.39 is 0 Å². The number of para-hydroxylation sites is 1. The predicted octanol–water partition coefficient (Wildman–Crippen LogP) is 2.60. The van der Waals surface area contributed by atoms with Gasteiger partial charge in [0.05, 0.1) is 6.42 Å². The summed E-state index contributed by atoms with van der Waals surface area (Å²) in [4.78, 5) is 11.9. The Morgan fingerprint density at radius 3 is 2.40 bits per heavy atom. The minimum Gasteiger partial charge on any atom is -0.508 e. The lowest BCUT2D eigenvalue weighted by Gasteiger charge is -2.08. The van der Waals surface area contributed by atoms with Crippen molar-refractivity contribution in [2.75, 3.05) is 6.54 Å². The number of amides is 1. The molecule has 0 aliphatic carbocycles. The van der Waals surface area contributed by atoms with Crippen LogP contribution in [0.5, 0.6) is 5.75 Å². The van der Waals surface area contributed by atoms with Gasteiger partial charge in [0.25, 0.3) is 0 Å². The molecular formula is C17H19NO2.